The number of ether oxygens (including phenoxy) is 1. The fraction of sp³-hybridized carbons (Fsp3) is 0.923. The predicted octanol–water partition coefficient (Wildman–Crippen LogP) is 2.47. The molecule has 1 N–H and O–H groups in total. The van der Waals surface area contributed by atoms with Crippen molar-refractivity contribution in [2.24, 2.45) is 5.92 Å². The van der Waals surface area contributed by atoms with E-state index in [0.717, 1.165) is 26.0 Å². The van der Waals surface area contributed by atoms with E-state index < -0.39 is 0 Å². The molecule has 0 amide bonds. The Morgan fingerprint density at radius 1 is 1.31 bits per heavy atom. The summed E-state index contributed by atoms with van der Waals surface area (Å²) in [7, 11) is 0. The first-order chi connectivity index (χ1) is 7.74. The van der Waals surface area contributed by atoms with Crippen molar-refractivity contribution in [1.82, 2.24) is 5.32 Å². The molecule has 0 aromatic rings. The molecule has 0 bridgehead atoms. The van der Waals surface area contributed by atoms with Gasteiger partial charge in [-0.05, 0) is 26.7 Å². The van der Waals surface area contributed by atoms with E-state index in [1.807, 2.05) is 13.8 Å². The Morgan fingerprint density at radius 3 is 2.75 bits per heavy atom. The lowest BCUT2D eigenvalue weighted by Gasteiger charge is -2.21. The zero-order valence-electron chi connectivity index (χ0n) is 10.5. The van der Waals surface area contributed by atoms with Crippen molar-refractivity contribution in [3.05, 3.63) is 0 Å². The lowest BCUT2D eigenvalue weighted by Crippen LogP contribution is -2.37. The van der Waals surface area contributed by atoms with Crippen molar-refractivity contribution in [3.63, 3.8) is 0 Å². The highest BCUT2D eigenvalue weighted by Crippen LogP contribution is 2.22. The second-order valence-electron chi connectivity index (χ2n) is 4.85. The lowest BCUT2D eigenvalue weighted by molar-refractivity contribution is 0.0783. The third kappa shape index (κ3) is 4.96. The fourth-order valence-corrected chi connectivity index (χ4v) is 2.25. The molecule has 2 atom stereocenters. The highest BCUT2D eigenvalue weighted by molar-refractivity contribution is 4.93. The minimum absolute atomic E-state index is 0.196. The Labute approximate surface area is 99.2 Å². The minimum atomic E-state index is 0.196. The standard InChI is InChI=1S/C13H24N2O/c1-11(2)16-9-8-15-13-7-5-3-4-6-12(13)10-14/h11-13,15H,3-9H2,1-2H3. The third-order valence-electron chi connectivity index (χ3n) is 3.14. The van der Waals surface area contributed by atoms with Crippen LogP contribution in [0.2, 0.25) is 0 Å². The average molecular weight is 224 g/mol. The first-order valence-corrected chi connectivity index (χ1v) is 6.48. The van der Waals surface area contributed by atoms with Crippen LogP contribution in [0.15, 0.2) is 0 Å². The summed E-state index contributed by atoms with van der Waals surface area (Å²) in [6, 6.07) is 2.82. The Hall–Kier alpha value is -0.590. The quantitative estimate of drug-likeness (QED) is 0.576. The van der Waals surface area contributed by atoms with E-state index >= 15 is 0 Å². The average Bonchev–Trinajstić information content (AvgIpc) is 2.48. The number of hydrogen-bond acceptors (Lipinski definition) is 3. The molecule has 0 spiro atoms. The molecule has 0 heterocycles. The molecule has 0 saturated heterocycles. The van der Waals surface area contributed by atoms with Gasteiger partial charge < -0.3 is 10.1 Å². The van der Waals surface area contributed by atoms with E-state index in [2.05, 4.69) is 11.4 Å². The summed E-state index contributed by atoms with van der Waals surface area (Å²) in [5.74, 6) is 0.196. The smallest absolute Gasteiger partial charge is 0.0672 e. The monoisotopic (exact) mass is 224 g/mol. The van der Waals surface area contributed by atoms with Gasteiger partial charge in [0.2, 0.25) is 0 Å². The number of nitriles is 1. The van der Waals surface area contributed by atoms with Gasteiger partial charge in [0.05, 0.1) is 24.7 Å². The normalized spacial score (nSPS) is 26.4. The molecule has 92 valence electrons. The van der Waals surface area contributed by atoms with E-state index in [-0.39, 0.29) is 5.92 Å². The molecule has 1 rings (SSSR count). The number of hydrogen-bond donors (Lipinski definition) is 1. The summed E-state index contributed by atoms with van der Waals surface area (Å²) < 4.78 is 5.49. The molecule has 1 aliphatic rings. The summed E-state index contributed by atoms with van der Waals surface area (Å²) in [5.41, 5.74) is 0. The summed E-state index contributed by atoms with van der Waals surface area (Å²) >= 11 is 0. The first-order valence-electron chi connectivity index (χ1n) is 6.48. The zero-order chi connectivity index (χ0) is 11.8. The molecule has 0 aliphatic heterocycles. The van der Waals surface area contributed by atoms with Crippen LogP contribution in [0.4, 0.5) is 0 Å². The van der Waals surface area contributed by atoms with Gasteiger partial charge in [-0.15, -0.1) is 0 Å². The van der Waals surface area contributed by atoms with Gasteiger partial charge in [0, 0.05) is 12.6 Å². The molecule has 16 heavy (non-hydrogen) atoms. The van der Waals surface area contributed by atoms with E-state index in [0.29, 0.717) is 12.1 Å². The van der Waals surface area contributed by atoms with Gasteiger partial charge in [0.15, 0.2) is 0 Å². The topological polar surface area (TPSA) is 45.0 Å². The lowest BCUT2D eigenvalue weighted by atomic mass is 9.96. The van der Waals surface area contributed by atoms with Crippen LogP contribution in [-0.4, -0.2) is 25.3 Å². The second-order valence-corrected chi connectivity index (χ2v) is 4.85. The summed E-state index contributed by atoms with van der Waals surface area (Å²) in [6.07, 6.45) is 6.22. The maximum absolute atomic E-state index is 9.11. The first kappa shape index (κ1) is 13.5. The van der Waals surface area contributed by atoms with Crippen LogP contribution in [0.3, 0.4) is 0 Å². The third-order valence-corrected chi connectivity index (χ3v) is 3.14. The SMILES string of the molecule is CC(C)OCCNC1CCCCCC1C#N. The van der Waals surface area contributed by atoms with Gasteiger partial charge in [-0.25, -0.2) is 0 Å². The molecule has 0 aromatic heterocycles. The Morgan fingerprint density at radius 2 is 2.06 bits per heavy atom. The second kappa shape index (κ2) is 7.65. The van der Waals surface area contributed by atoms with Crippen LogP contribution >= 0.6 is 0 Å². The van der Waals surface area contributed by atoms with Crippen molar-refractivity contribution < 1.29 is 4.74 Å². The minimum Gasteiger partial charge on any atom is -0.377 e. The largest absolute Gasteiger partial charge is 0.377 e. The maximum Gasteiger partial charge on any atom is 0.0672 e. The van der Waals surface area contributed by atoms with Gasteiger partial charge in [-0.1, -0.05) is 19.3 Å². The van der Waals surface area contributed by atoms with Crippen molar-refractivity contribution >= 4 is 0 Å². The van der Waals surface area contributed by atoms with Gasteiger partial charge >= 0.3 is 0 Å². The molecule has 0 radical (unpaired) electrons. The highest BCUT2D eigenvalue weighted by atomic mass is 16.5. The number of nitrogens with zero attached hydrogens (tertiary/aromatic N) is 1. The molecule has 3 heteroatoms. The van der Waals surface area contributed by atoms with Crippen molar-refractivity contribution in [3.8, 4) is 6.07 Å². The zero-order valence-corrected chi connectivity index (χ0v) is 10.5. The molecule has 1 aliphatic carbocycles. The van der Waals surface area contributed by atoms with Gasteiger partial charge in [-0.3, -0.25) is 0 Å². The van der Waals surface area contributed by atoms with Gasteiger partial charge in [0.1, 0.15) is 0 Å². The van der Waals surface area contributed by atoms with Crippen LogP contribution in [0.1, 0.15) is 46.0 Å². The fourth-order valence-electron chi connectivity index (χ4n) is 2.25. The van der Waals surface area contributed by atoms with Crippen LogP contribution in [0, 0.1) is 17.2 Å². The molecular weight excluding hydrogens is 200 g/mol. The van der Waals surface area contributed by atoms with Crippen LogP contribution < -0.4 is 5.32 Å². The molecule has 3 nitrogen and oxygen atoms in total. The Bertz CT molecular complexity index is 222. The van der Waals surface area contributed by atoms with Gasteiger partial charge in [0.25, 0.3) is 0 Å². The predicted molar refractivity (Wildman–Crippen MR) is 65.1 cm³/mol. The Kier molecular flexibility index (Phi) is 6.44. The van der Waals surface area contributed by atoms with Crippen LogP contribution in [0.25, 0.3) is 0 Å². The number of nitrogens with one attached hydrogen (secondary N) is 1. The van der Waals surface area contributed by atoms with E-state index in [1.165, 1.54) is 19.3 Å². The molecule has 0 aromatic carbocycles. The summed E-state index contributed by atoms with van der Waals surface area (Å²) in [6.45, 7) is 5.70. The number of rotatable bonds is 5. The van der Waals surface area contributed by atoms with Crippen LogP contribution in [0.5, 0.6) is 0 Å². The molecule has 1 fully saturated rings. The van der Waals surface area contributed by atoms with Crippen LogP contribution in [-0.2, 0) is 4.74 Å². The summed E-state index contributed by atoms with van der Waals surface area (Å²) in [5, 5.41) is 12.6. The van der Waals surface area contributed by atoms with E-state index in [9.17, 15) is 0 Å². The molecular formula is C13H24N2O. The highest BCUT2D eigenvalue weighted by Gasteiger charge is 2.22. The van der Waals surface area contributed by atoms with Gasteiger partial charge in [-0.2, -0.15) is 5.26 Å². The Balaban J connectivity index is 2.24. The van der Waals surface area contributed by atoms with Crippen molar-refractivity contribution in [1.29, 1.82) is 5.26 Å². The van der Waals surface area contributed by atoms with E-state index in [4.69, 9.17) is 10.00 Å². The maximum atomic E-state index is 9.11. The molecule has 2 unspecified atom stereocenters. The molecule has 1 saturated carbocycles. The van der Waals surface area contributed by atoms with Crippen molar-refractivity contribution in [2.45, 2.75) is 58.1 Å². The van der Waals surface area contributed by atoms with E-state index in [1.54, 1.807) is 0 Å². The van der Waals surface area contributed by atoms with Crippen molar-refractivity contribution in [2.75, 3.05) is 13.2 Å². The summed E-state index contributed by atoms with van der Waals surface area (Å²) in [4.78, 5) is 0.